The summed E-state index contributed by atoms with van der Waals surface area (Å²) in [7, 11) is 0. The standard InChI is InChI=1S/C21H23N5O3/c1-4-22-20(28)15-8-7-14(3)17(11-15)24-21(29)19-23-12-18(27)26(25-19)16-9-5-13(2)6-10-16/h5-11H,4,12H2,1-3H3,(H,22,28)(H,23,25)(H,24,29). The Morgan fingerprint density at radius 3 is 2.52 bits per heavy atom. The molecular formula is C21H23N5O3. The van der Waals surface area contributed by atoms with Crippen LogP contribution in [0, 0.1) is 13.8 Å². The van der Waals surface area contributed by atoms with Crippen LogP contribution in [0.4, 0.5) is 11.4 Å². The maximum Gasteiger partial charge on any atom is 0.292 e. The van der Waals surface area contributed by atoms with E-state index in [9.17, 15) is 14.4 Å². The van der Waals surface area contributed by atoms with Crippen molar-refractivity contribution >= 4 is 34.9 Å². The first-order valence-corrected chi connectivity index (χ1v) is 9.30. The number of carbonyl (C=O) groups is 3. The van der Waals surface area contributed by atoms with Gasteiger partial charge in [-0.25, -0.2) is 5.01 Å². The Morgan fingerprint density at radius 1 is 1.10 bits per heavy atom. The van der Waals surface area contributed by atoms with Crippen LogP contribution in [0.2, 0.25) is 0 Å². The van der Waals surface area contributed by atoms with E-state index in [0.29, 0.717) is 23.5 Å². The van der Waals surface area contributed by atoms with Crippen molar-refractivity contribution in [3.63, 3.8) is 0 Å². The molecule has 1 aliphatic rings. The Hall–Kier alpha value is -3.68. The summed E-state index contributed by atoms with van der Waals surface area (Å²) in [5.41, 5.74) is 6.21. The van der Waals surface area contributed by atoms with Crippen molar-refractivity contribution < 1.29 is 14.4 Å². The summed E-state index contributed by atoms with van der Waals surface area (Å²) in [4.78, 5) is 41.0. The first kappa shape index (κ1) is 20.1. The van der Waals surface area contributed by atoms with E-state index in [0.717, 1.165) is 11.1 Å². The summed E-state index contributed by atoms with van der Waals surface area (Å²) in [6.07, 6.45) is 0. The number of amidine groups is 1. The molecule has 3 rings (SSSR count). The quantitative estimate of drug-likeness (QED) is 0.722. The number of rotatable bonds is 5. The Kier molecular flexibility index (Phi) is 5.92. The molecule has 1 aliphatic heterocycles. The number of benzene rings is 2. The Morgan fingerprint density at radius 2 is 1.83 bits per heavy atom. The molecule has 3 amide bonds. The second kappa shape index (κ2) is 8.55. The highest BCUT2D eigenvalue weighted by Crippen LogP contribution is 2.18. The van der Waals surface area contributed by atoms with Crippen LogP contribution in [0.5, 0.6) is 0 Å². The zero-order valence-electron chi connectivity index (χ0n) is 16.6. The van der Waals surface area contributed by atoms with E-state index in [1.165, 1.54) is 5.01 Å². The molecule has 0 spiro atoms. The summed E-state index contributed by atoms with van der Waals surface area (Å²) in [5, 5.41) is 6.79. The first-order chi connectivity index (χ1) is 13.9. The van der Waals surface area contributed by atoms with Gasteiger partial charge in [-0.2, -0.15) is 0 Å². The van der Waals surface area contributed by atoms with Crippen LogP contribution in [0.1, 0.15) is 28.4 Å². The minimum absolute atomic E-state index is 0.0213. The van der Waals surface area contributed by atoms with Crippen LogP contribution >= 0.6 is 0 Å². The van der Waals surface area contributed by atoms with E-state index in [4.69, 9.17) is 0 Å². The van der Waals surface area contributed by atoms with E-state index >= 15 is 0 Å². The van der Waals surface area contributed by atoms with Gasteiger partial charge in [0.25, 0.3) is 17.7 Å². The predicted molar refractivity (Wildman–Crippen MR) is 112 cm³/mol. The molecular weight excluding hydrogens is 370 g/mol. The highest BCUT2D eigenvalue weighted by atomic mass is 16.2. The topological polar surface area (TPSA) is 103 Å². The third kappa shape index (κ3) is 4.60. The van der Waals surface area contributed by atoms with Crippen LogP contribution in [0.15, 0.2) is 47.5 Å². The minimum atomic E-state index is -0.495. The van der Waals surface area contributed by atoms with Crippen molar-refractivity contribution in [2.24, 2.45) is 4.99 Å². The lowest BCUT2D eigenvalue weighted by Gasteiger charge is -2.27. The number of aliphatic imine (C=N–C) groups is 1. The van der Waals surface area contributed by atoms with Crippen LogP contribution in [-0.2, 0) is 9.59 Å². The molecule has 2 aromatic carbocycles. The molecule has 1 heterocycles. The summed E-state index contributed by atoms with van der Waals surface area (Å²) in [5.74, 6) is -0.953. The van der Waals surface area contributed by atoms with E-state index in [1.807, 2.05) is 32.9 Å². The van der Waals surface area contributed by atoms with Crippen molar-refractivity contribution in [3.8, 4) is 0 Å². The van der Waals surface area contributed by atoms with Crippen LogP contribution < -0.4 is 21.1 Å². The molecule has 0 unspecified atom stereocenters. The highest BCUT2D eigenvalue weighted by Gasteiger charge is 2.26. The number of anilines is 2. The van der Waals surface area contributed by atoms with Gasteiger partial charge in [-0.1, -0.05) is 23.8 Å². The van der Waals surface area contributed by atoms with Gasteiger partial charge in [0.1, 0.15) is 6.54 Å². The lowest BCUT2D eigenvalue weighted by molar-refractivity contribution is -0.118. The van der Waals surface area contributed by atoms with E-state index in [2.05, 4.69) is 21.1 Å². The first-order valence-electron chi connectivity index (χ1n) is 9.30. The molecule has 2 aromatic rings. The summed E-state index contributed by atoms with van der Waals surface area (Å²) < 4.78 is 0. The number of hydrazine groups is 1. The third-order valence-corrected chi connectivity index (χ3v) is 4.43. The summed E-state index contributed by atoms with van der Waals surface area (Å²) in [6.45, 7) is 5.99. The van der Waals surface area contributed by atoms with Crippen molar-refractivity contribution in [2.45, 2.75) is 20.8 Å². The van der Waals surface area contributed by atoms with Crippen molar-refractivity contribution in [1.82, 2.24) is 10.7 Å². The van der Waals surface area contributed by atoms with E-state index in [1.54, 1.807) is 30.3 Å². The van der Waals surface area contributed by atoms with E-state index in [-0.39, 0.29) is 24.2 Å². The van der Waals surface area contributed by atoms with Crippen molar-refractivity contribution in [3.05, 3.63) is 59.2 Å². The average molecular weight is 393 g/mol. The van der Waals surface area contributed by atoms with Crippen LogP contribution in [0.3, 0.4) is 0 Å². The monoisotopic (exact) mass is 393 g/mol. The molecule has 3 N–H and O–H groups in total. The summed E-state index contributed by atoms with van der Waals surface area (Å²) in [6, 6.07) is 12.4. The average Bonchev–Trinajstić information content (AvgIpc) is 2.71. The molecule has 0 radical (unpaired) electrons. The maximum absolute atomic E-state index is 12.7. The number of nitrogens with zero attached hydrogens (tertiary/aromatic N) is 2. The molecule has 0 saturated heterocycles. The largest absolute Gasteiger partial charge is 0.352 e. The number of nitrogens with one attached hydrogen (secondary N) is 3. The zero-order chi connectivity index (χ0) is 21.0. The predicted octanol–water partition coefficient (Wildman–Crippen LogP) is 1.94. The molecule has 150 valence electrons. The fourth-order valence-corrected chi connectivity index (χ4v) is 2.79. The van der Waals surface area contributed by atoms with Gasteiger partial charge in [0.15, 0.2) is 0 Å². The molecule has 0 atom stereocenters. The lowest BCUT2D eigenvalue weighted by atomic mass is 10.1. The molecule has 0 bridgehead atoms. The third-order valence-electron chi connectivity index (χ3n) is 4.43. The molecule has 0 aliphatic carbocycles. The van der Waals surface area contributed by atoms with Crippen LogP contribution in [0.25, 0.3) is 0 Å². The Labute approximate surface area is 169 Å². The van der Waals surface area contributed by atoms with Gasteiger partial charge >= 0.3 is 0 Å². The number of aryl methyl sites for hydroxylation is 2. The minimum Gasteiger partial charge on any atom is -0.352 e. The lowest BCUT2D eigenvalue weighted by Crippen LogP contribution is -2.54. The van der Waals surface area contributed by atoms with Gasteiger partial charge in [-0.05, 0) is 50.6 Å². The molecule has 29 heavy (non-hydrogen) atoms. The Bertz CT molecular complexity index is 982. The second-order valence-electron chi connectivity index (χ2n) is 6.68. The highest BCUT2D eigenvalue weighted by molar-refractivity contribution is 6.43. The van der Waals surface area contributed by atoms with Gasteiger partial charge in [0.05, 0.1) is 5.69 Å². The van der Waals surface area contributed by atoms with Crippen molar-refractivity contribution in [2.75, 3.05) is 23.4 Å². The maximum atomic E-state index is 12.7. The fraction of sp³-hybridized carbons (Fsp3) is 0.238. The molecule has 0 saturated carbocycles. The van der Waals surface area contributed by atoms with Gasteiger partial charge in [-0.15, -0.1) is 0 Å². The van der Waals surface area contributed by atoms with E-state index < -0.39 is 5.91 Å². The Balaban J connectivity index is 1.77. The number of hydrogen-bond donors (Lipinski definition) is 3. The molecule has 8 nitrogen and oxygen atoms in total. The SMILES string of the molecule is CCNC(=O)c1ccc(C)c(NC(=O)C2=NCC(=O)N(c3ccc(C)cc3)N2)c1. The van der Waals surface area contributed by atoms with Gasteiger partial charge in [0.2, 0.25) is 5.84 Å². The molecule has 0 fully saturated rings. The number of hydrogen-bond acceptors (Lipinski definition) is 5. The molecule has 8 heteroatoms. The zero-order valence-corrected chi connectivity index (χ0v) is 16.6. The number of carbonyl (C=O) groups excluding carboxylic acids is 3. The van der Waals surface area contributed by atoms with Gasteiger partial charge < -0.3 is 10.6 Å². The van der Waals surface area contributed by atoms with Crippen molar-refractivity contribution in [1.29, 1.82) is 0 Å². The van der Waals surface area contributed by atoms with Gasteiger partial charge in [-0.3, -0.25) is 24.8 Å². The number of amides is 3. The fourth-order valence-electron chi connectivity index (χ4n) is 2.79. The normalized spacial score (nSPS) is 13.4. The summed E-state index contributed by atoms with van der Waals surface area (Å²) >= 11 is 0. The molecule has 0 aromatic heterocycles. The smallest absolute Gasteiger partial charge is 0.292 e. The van der Waals surface area contributed by atoms with Crippen LogP contribution in [-0.4, -0.2) is 36.6 Å². The second-order valence-corrected chi connectivity index (χ2v) is 6.68. The van der Waals surface area contributed by atoms with Gasteiger partial charge in [0, 0.05) is 17.8 Å².